The molecule has 3 heteroatoms. The fourth-order valence-corrected chi connectivity index (χ4v) is 2.08. The topological polar surface area (TPSA) is 41.1 Å². The first-order valence-corrected chi connectivity index (χ1v) is 5.28. The Balaban J connectivity index is 2.38. The molecule has 3 nitrogen and oxygen atoms in total. The molecule has 1 aliphatic heterocycles. The Labute approximate surface area is 89.9 Å². The zero-order valence-electron chi connectivity index (χ0n) is 9.08. The molecule has 0 spiro atoms. The van der Waals surface area contributed by atoms with Crippen LogP contribution in [0.2, 0.25) is 0 Å². The van der Waals surface area contributed by atoms with Crippen molar-refractivity contribution in [1.82, 2.24) is 10.6 Å². The van der Waals surface area contributed by atoms with E-state index in [1.807, 2.05) is 26.1 Å². The monoisotopic (exact) mass is 204 g/mol. The Morgan fingerprint density at radius 1 is 1.40 bits per heavy atom. The van der Waals surface area contributed by atoms with Gasteiger partial charge in [0.15, 0.2) is 0 Å². The van der Waals surface area contributed by atoms with E-state index < -0.39 is 0 Å². The van der Waals surface area contributed by atoms with E-state index in [1.54, 1.807) is 0 Å². The minimum absolute atomic E-state index is 0.0844. The summed E-state index contributed by atoms with van der Waals surface area (Å²) in [5.74, 6) is 0.0844. The molecule has 80 valence electrons. The van der Waals surface area contributed by atoms with Gasteiger partial charge in [-0.15, -0.1) is 0 Å². The summed E-state index contributed by atoms with van der Waals surface area (Å²) in [6.45, 7) is 2.02. The minimum atomic E-state index is -0.115. The van der Waals surface area contributed by atoms with Crippen molar-refractivity contribution in [3.05, 3.63) is 35.4 Å². The van der Waals surface area contributed by atoms with Crippen molar-refractivity contribution >= 4 is 5.91 Å². The first kappa shape index (κ1) is 10.2. The second kappa shape index (κ2) is 4.03. The first-order valence-electron chi connectivity index (χ1n) is 5.28. The molecule has 0 saturated carbocycles. The van der Waals surface area contributed by atoms with Crippen LogP contribution in [-0.2, 0) is 11.2 Å². The third-order valence-electron chi connectivity index (χ3n) is 2.97. The molecule has 0 aliphatic carbocycles. The summed E-state index contributed by atoms with van der Waals surface area (Å²) in [7, 11) is 1.82. The Bertz CT molecular complexity index is 376. The van der Waals surface area contributed by atoms with Crippen LogP contribution >= 0.6 is 0 Å². The van der Waals surface area contributed by atoms with E-state index in [4.69, 9.17) is 0 Å². The summed E-state index contributed by atoms with van der Waals surface area (Å²) in [4.78, 5) is 11.8. The number of carbonyl (C=O) groups excluding carboxylic acids is 1. The molecule has 2 N–H and O–H groups in total. The summed E-state index contributed by atoms with van der Waals surface area (Å²) in [6.07, 6.45) is 0.767. The zero-order valence-corrected chi connectivity index (χ0v) is 9.08. The van der Waals surface area contributed by atoms with E-state index in [0.717, 1.165) is 6.42 Å². The molecule has 0 fully saturated rings. The van der Waals surface area contributed by atoms with E-state index in [0.29, 0.717) is 0 Å². The first-order chi connectivity index (χ1) is 7.22. The van der Waals surface area contributed by atoms with E-state index in [2.05, 4.69) is 22.8 Å². The maximum atomic E-state index is 11.8. The Kier molecular flexibility index (Phi) is 2.73. The number of carbonyl (C=O) groups is 1. The van der Waals surface area contributed by atoms with Crippen LogP contribution in [0.25, 0.3) is 0 Å². The van der Waals surface area contributed by atoms with Gasteiger partial charge in [-0.05, 0) is 31.5 Å². The number of likely N-dealkylation sites (N-methyl/N-ethyl adjacent to an activating group) is 1. The van der Waals surface area contributed by atoms with Crippen LogP contribution in [0.5, 0.6) is 0 Å². The predicted octanol–water partition coefficient (Wildman–Crippen LogP) is 1.01. The molecular weight excluding hydrogens is 188 g/mol. The molecule has 2 unspecified atom stereocenters. The van der Waals surface area contributed by atoms with Gasteiger partial charge in [-0.3, -0.25) is 4.79 Å². The Morgan fingerprint density at radius 2 is 2.13 bits per heavy atom. The van der Waals surface area contributed by atoms with Gasteiger partial charge in [0.1, 0.15) is 0 Å². The fourth-order valence-electron chi connectivity index (χ4n) is 2.08. The van der Waals surface area contributed by atoms with Crippen molar-refractivity contribution < 1.29 is 4.79 Å². The van der Waals surface area contributed by atoms with Gasteiger partial charge in [0.05, 0.1) is 12.1 Å². The summed E-state index contributed by atoms with van der Waals surface area (Å²) >= 11 is 0. The van der Waals surface area contributed by atoms with Crippen molar-refractivity contribution in [2.75, 3.05) is 7.05 Å². The van der Waals surface area contributed by atoms with Gasteiger partial charge in [-0.25, -0.2) is 0 Å². The number of hydrogen-bond acceptors (Lipinski definition) is 2. The van der Waals surface area contributed by atoms with Crippen molar-refractivity contribution in [3.63, 3.8) is 0 Å². The van der Waals surface area contributed by atoms with E-state index >= 15 is 0 Å². The van der Waals surface area contributed by atoms with Gasteiger partial charge in [0.25, 0.3) is 0 Å². The number of fused-ring (bicyclic) bond motifs is 1. The normalized spacial score (nSPS) is 25.3. The van der Waals surface area contributed by atoms with Crippen LogP contribution in [0.3, 0.4) is 0 Å². The number of amides is 1. The second-order valence-electron chi connectivity index (χ2n) is 3.97. The van der Waals surface area contributed by atoms with E-state index in [1.165, 1.54) is 11.1 Å². The molecule has 1 heterocycles. The maximum absolute atomic E-state index is 11.8. The highest BCUT2D eigenvalue weighted by molar-refractivity contribution is 5.83. The van der Waals surface area contributed by atoms with Gasteiger partial charge in [-0.1, -0.05) is 24.3 Å². The Hall–Kier alpha value is -1.35. The van der Waals surface area contributed by atoms with Crippen LogP contribution < -0.4 is 10.6 Å². The summed E-state index contributed by atoms with van der Waals surface area (Å²) < 4.78 is 0. The zero-order chi connectivity index (χ0) is 10.8. The molecule has 0 bridgehead atoms. The van der Waals surface area contributed by atoms with Gasteiger partial charge in [0.2, 0.25) is 5.91 Å². The molecular formula is C12H16N2O. The van der Waals surface area contributed by atoms with Crippen LogP contribution in [-0.4, -0.2) is 19.0 Å². The molecule has 0 aromatic heterocycles. The SMILES string of the molecule is CNC1Cc2ccccc2C(C)NC1=O. The second-order valence-corrected chi connectivity index (χ2v) is 3.97. The lowest BCUT2D eigenvalue weighted by Gasteiger charge is -2.13. The van der Waals surface area contributed by atoms with Crippen molar-refractivity contribution in [2.45, 2.75) is 25.4 Å². The summed E-state index contributed by atoms with van der Waals surface area (Å²) in [6, 6.07) is 8.20. The molecule has 2 rings (SSSR count). The maximum Gasteiger partial charge on any atom is 0.237 e. The van der Waals surface area contributed by atoms with Gasteiger partial charge in [-0.2, -0.15) is 0 Å². The smallest absolute Gasteiger partial charge is 0.237 e. The van der Waals surface area contributed by atoms with Crippen LogP contribution in [0.4, 0.5) is 0 Å². The third-order valence-corrected chi connectivity index (χ3v) is 2.97. The molecule has 1 amide bonds. The van der Waals surface area contributed by atoms with E-state index in [9.17, 15) is 4.79 Å². The lowest BCUT2D eigenvalue weighted by molar-refractivity contribution is -0.123. The highest BCUT2D eigenvalue weighted by Crippen LogP contribution is 2.22. The predicted molar refractivity (Wildman–Crippen MR) is 59.6 cm³/mol. The molecule has 15 heavy (non-hydrogen) atoms. The molecule has 1 aromatic rings. The number of nitrogens with one attached hydrogen (secondary N) is 2. The number of hydrogen-bond donors (Lipinski definition) is 2. The molecule has 1 aromatic carbocycles. The lowest BCUT2D eigenvalue weighted by atomic mass is 9.99. The third kappa shape index (κ3) is 1.88. The quantitative estimate of drug-likeness (QED) is 0.716. The Morgan fingerprint density at radius 3 is 2.87 bits per heavy atom. The van der Waals surface area contributed by atoms with Crippen LogP contribution in [0.15, 0.2) is 24.3 Å². The lowest BCUT2D eigenvalue weighted by Crippen LogP contribution is -2.42. The average molecular weight is 204 g/mol. The van der Waals surface area contributed by atoms with Crippen molar-refractivity contribution in [3.8, 4) is 0 Å². The standard InChI is InChI=1S/C12H16N2O/c1-8-10-6-4-3-5-9(10)7-11(13-2)12(15)14-8/h3-6,8,11,13H,7H2,1-2H3,(H,14,15). The molecule has 1 aliphatic rings. The molecule has 2 atom stereocenters. The number of rotatable bonds is 1. The van der Waals surface area contributed by atoms with Gasteiger partial charge in [0, 0.05) is 0 Å². The molecule has 0 radical (unpaired) electrons. The van der Waals surface area contributed by atoms with Crippen molar-refractivity contribution in [2.24, 2.45) is 0 Å². The largest absolute Gasteiger partial charge is 0.348 e. The minimum Gasteiger partial charge on any atom is -0.348 e. The molecule has 0 saturated heterocycles. The highest BCUT2D eigenvalue weighted by Gasteiger charge is 2.25. The van der Waals surface area contributed by atoms with Gasteiger partial charge < -0.3 is 10.6 Å². The average Bonchev–Trinajstić information content (AvgIpc) is 2.36. The van der Waals surface area contributed by atoms with Crippen LogP contribution in [0.1, 0.15) is 24.1 Å². The highest BCUT2D eigenvalue weighted by atomic mass is 16.2. The number of benzene rings is 1. The summed E-state index contributed by atoms with van der Waals surface area (Å²) in [5.41, 5.74) is 2.48. The summed E-state index contributed by atoms with van der Waals surface area (Å²) in [5, 5.41) is 6.04. The van der Waals surface area contributed by atoms with Crippen LogP contribution in [0, 0.1) is 0 Å². The van der Waals surface area contributed by atoms with E-state index in [-0.39, 0.29) is 18.0 Å². The van der Waals surface area contributed by atoms with Crippen molar-refractivity contribution in [1.29, 1.82) is 0 Å². The van der Waals surface area contributed by atoms with Gasteiger partial charge >= 0.3 is 0 Å². The fraction of sp³-hybridized carbons (Fsp3) is 0.417.